The van der Waals surface area contributed by atoms with E-state index in [4.69, 9.17) is 4.98 Å². The maximum atomic E-state index is 4.82. The highest BCUT2D eigenvalue weighted by Crippen LogP contribution is 2.32. The highest BCUT2D eigenvalue weighted by atomic mass is 32.1. The Kier molecular flexibility index (Phi) is 3.50. The molecule has 0 saturated carbocycles. The minimum Gasteiger partial charge on any atom is -0.335 e. The molecule has 6 rings (SSSR count). The van der Waals surface area contributed by atoms with Crippen molar-refractivity contribution in [1.82, 2.24) is 35.1 Å². The number of nitrogens with zero attached hydrogens (tertiary/aromatic N) is 5. The van der Waals surface area contributed by atoms with E-state index in [9.17, 15) is 0 Å². The van der Waals surface area contributed by atoms with Crippen LogP contribution in [0.1, 0.15) is 0 Å². The van der Waals surface area contributed by atoms with E-state index in [0.29, 0.717) is 17.2 Å². The van der Waals surface area contributed by atoms with Gasteiger partial charge in [0.25, 0.3) is 0 Å². The Bertz CT molecular complexity index is 1450. The van der Waals surface area contributed by atoms with Crippen molar-refractivity contribution in [2.45, 2.75) is 0 Å². The summed E-state index contributed by atoms with van der Waals surface area (Å²) in [5, 5.41) is 9.58. The van der Waals surface area contributed by atoms with Crippen LogP contribution in [0.4, 0.5) is 0 Å². The van der Waals surface area contributed by atoms with Gasteiger partial charge in [-0.2, -0.15) is 5.10 Å². The molecule has 0 unspecified atom stereocenters. The summed E-state index contributed by atoms with van der Waals surface area (Å²) in [4.78, 5) is 22.6. The molecule has 0 amide bonds. The van der Waals surface area contributed by atoms with Crippen LogP contribution in [0.15, 0.2) is 66.4 Å². The van der Waals surface area contributed by atoms with Gasteiger partial charge in [0.15, 0.2) is 17.2 Å². The summed E-state index contributed by atoms with van der Waals surface area (Å²) in [5.41, 5.74) is 6.77. The minimum atomic E-state index is 0.641. The monoisotopic (exact) mass is 395 g/mol. The summed E-state index contributed by atoms with van der Waals surface area (Å²) in [6.45, 7) is 0. The number of H-pyrrole nitrogens is 2. The van der Waals surface area contributed by atoms with E-state index in [1.807, 2.05) is 36.4 Å². The first-order chi connectivity index (χ1) is 14.4. The second-order valence-electron chi connectivity index (χ2n) is 6.52. The summed E-state index contributed by atoms with van der Waals surface area (Å²) in [5.74, 6) is 0.641. The molecule has 6 aromatic rings. The van der Waals surface area contributed by atoms with Crippen LogP contribution in [0, 0.1) is 0 Å². The zero-order valence-corrected chi connectivity index (χ0v) is 15.8. The third-order valence-corrected chi connectivity index (χ3v) is 5.69. The third-order valence-electron chi connectivity index (χ3n) is 4.79. The van der Waals surface area contributed by atoms with E-state index in [1.165, 1.54) is 0 Å². The number of hydrogen-bond acceptors (Lipinski definition) is 6. The molecule has 0 aliphatic rings. The number of fused-ring (bicyclic) bond motifs is 2. The van der Waals surface area contributed by atoms with Crippen molar-refractivity contribution in [1.29, 1.82) is 0 Å². The molecule has 0 fully saturated rings. The molecule has 6 aromatic heterocycles. The van der Waals surface area contributed by atoms with Gasteiger partial charge < -0.3 is 4.98 Å². The summed E-state index contributed by atoms with van der Waals surface area (Å²) < 4.78 is 0. The lowest BCUT2D eigenvalue weighted by Crippen LogP contribution is -1.87. The summed E-state index contributed by atoms with van der Waals surface area (Å²) in [7, 11) is 0. The average molecular weight is 395 g/mol. The lowest BCUT2D eigenvalue weighted by molar-refractivity contribution is 1.10. The van der Waals surface area contributed by atoms with E-state index >= 15 is 0 Å². The second kappa shape index (κ2) is 6.32. The minimum absolute atomic E-state index is 0.641. The van der Waals surface area contributed by atoms with E-state index < -0.39 is 0 Å². The Hall–Kier alpha value is -3.91. The molecule has 0 aliphatic carbocycles. The maximum Gasteiger partial charge on any atom is 0.178 e. The lowest BCUT2D eigenvalue weighted by atomic mass is 10.1. The van der Waals surface area contributed by atoms with Crippen molar-refractivity contribution in [3.05, 3.63) is 66.4 Å². The highest BCUT2D eigenvalue weighted by Gasteiger charge is 2.17. The van der Waals surface area contributed by atoms with E-state index in [1.54, 1.807) is 29.9 Å². The average Bonchev–Trinajstić information content (AvgIpc) is 3.52. The van der Waals surface area contributed by atoms with Crippen LogP contribution in [0.5, 0.6) is 0 Å². The molecule has 0 aliphatic heterocycles. The van der Waals surface area contributed by atoms with Gasteiger partial charge in [0, 0.05) is 34.6 Å². The van der Waals surface area contributed by atoms with Crippen molar-refractivity contribution >= 4 is 33.5 Å². The van der Waals surface area contributed by atoms with E-state index in [2.05, 4.69) is 41.6 Å². The molecule has 6 heterocycles. The molecule has 0 radical (unpaired) electrons. The largest absolute Gasteiger partial charge is 0.335 e. The van der Waals surface area contributed by atoms with Gasteiger partial charge in [-0.1, -0.05) is 6.07 Å². The molecule has 29 heavy (non-hydrogen) atoms. The van der Waals surface area contributed by atoms with Gasteiger partial charge in [0.1, 0.15) is 5.52 Å². The number of aromatic amines is 2. The fraction of sp³-hybridized carbons (Fsp3) is 0. The SMILES string of the molecule is c1csc(-c2ccnc3nc(-c4n[nH]c5ccc(-c6ccncc6)nc45)[nH]c23)c1. The van der Waals surface area contributed by atoms with Crippen LogP contribution in [0.3, 0.4) is 0 Å². The quantitative estimate of drug-likeness (QED) is 0.453. The topological polar surface area (TPSA) is 96.0 Å². The Morgan fingerprint density at radius 3 is 2.69 bits per heavy atom. The van der Waals surface area contributed by atoms with E-state index in [-0.39, 0.29) is 0 Å². The number of nitrogens with one attached hydrogen (secondary N) is 2. The van der Waals surface area contributed by atoms with Crippen molar-refractivity contribution in [3.8, 4) is 33.2 Å². The molecular formula is C21H13N7S. The molecule has 138 valence electrons. The number of thiophene rings is 1. The molecule has 0 aromatic carbocycles. The molecule has 7 nitrogen and oxygen atoms in total. The van der Waals surface area contributed by atoms with Crippen LogP contribution in [0.25, 0.3) is 55.4 Å². The van der Waals surface area contributed by atoms with Gasteiger partial charge >= 0.3 is 0 Å². The number of hydrogen-bond donors (Lipinski definition) is 2. The first-order valence-electron chi connectivity index (χ1n) is 9.01. The molecular weight excluding hydrogens is 382 g/mol. The number of pyridine rings is 3. The van der Waals surface area contributed by atoms with Crippen LogP contribution in [0.2, 0.25) is 0 Å². The van der Waals surface area contributed by atoms with Crippen LogP contribution in [-0.4, -0.2) is 35.1 Å². The smallest absolute Gasteiger partial charge is 0.178 e. The van der Waals surface area contributed by atoms with Gasteiger partial charge in [0.2, 0.25) is 0 Å². The fourth-order valence-corrected chi connectivity index (χ4v) is 4.17. The predicted molar refractivity (Wildman–Crippen MR) is 113 cm³/mol. The maximum absolute atomic E-state index is 4.82. The first-order valence-corrected chi connectivity index (χ1v) is 9.89. The summed E-state index contributed by atoms with van der Waals surface area (Å²) in [6.07, 6.45) is 5.30. The normalized spacial score (nSPS) is 11.4. The zero-order chi connectivity index (χ0) is 19.2. The van der Waals surface area contributed by atoms with Crippen LogP contribution in [-0.2, 0) is 0 Å². The molecule has 8 heteroatoms. The van der Waals surface area contributed by atoms with Gasteiger partial charge in [-0.25, -0.2) is 15.0 Å². The van der Waals surface area contributed by atoms with E-state index in [0.717, 1.165) is 38.2 Å². The van der Waals surface area contributed by atoms with Crippen molar-refractivity contribution in [2.24, 2.45) is 0 Å². The molecule has 0 spiro atoms. The van der Waals surface area contributed by atoms with Crippen LogP contribution >= 0.6 is 11.3 Å². The van der Waals surface area contributed by atoms with Crippen LogP contribution < -0.4 is 0 Å². The lowest BCUT2D eigenvalue weighted by Gasteiger charge is -2.00. The molecule has 0 atom stereocenters. The van der Waals surface area contributed by atoms with Gasteiger partial charge in [0.05, 0.1) is 16.7 Å². The van der Waals surface area contributed by atoms with Crippen molar-refractivity contribution < 1.29 is 0 Å². The van der Waals surface area contributed by atoms with Crippen molar-refractivity contribution in [2.75, 3.05) is 0 Å². The Morgan fingerprint density at radius 1 is 0.897 bits per heavy atom. The number of imidazole rings is 1. The van der Waals surface area contributed by atoms with Gasteiger partial charge in [-0.05, 0) is 41.8 Å². The molecule has 0 saturated heterocycles. The molecule has 0 bridgehead atoms. The predicted octanol–water partition coefficient (Wildman–Crippen LogP) is 4.69. The Labute approximate surface area is 168 Å². The Balaban J connectivity index is 1.53. The zero-order valence-electron chi connectivity index (χ0n) is 15.0. The number of rotatable bonds is 3. The first kappa shape index (κ1) is 16.1. The highest BCUT2D eigenvalue weighted by molar-refractivity contribution is 7.13. The summed E-state index contributed by atoms with van der Waals surface area (Å²) in [6, 6.07) is 13.9. The number of aromatic nitrogens is 7. The standard InChI is InChI=1S/C21H13N7S/c1-2-16(29-11-1)13-7-10-23-20-17(13)25-21(26-20)19-18-15(27-28-19)4-3-14(24-18)12-5-8-22-9-6-12/h1-11H,(H,27,28)(H,23,25,26). The molecule has 2 N–H and O–H groups in total. The fourth-order valence-electron chi connectivity index (χ4n) is 3.41. The van der Waals surface area contributed by atoms with Gasteiger partial charge in [-0.3, -0.25) is 10.1 Å². The van der Waals surface area contributed by atoms with Crippen molar-refractivity contribution in [3.63, 3.8) is 0 Å². The third kappa shape index (κ3) is 2.61. The van der Waals surface area contributed by atoms with Gasteiger partial charge in [-0.15, -0.1) is 11.3 Å². The summed E-state index contributed by atoms with van der Waals surface area (Å²) >= 11 is 1.68. The second-order valence-corrected chi connectivity index (χ2v) is 7.47. The Morgan fingerprint density at radius 2 is 1.83 bits per heavy atom.